The molecule has 0 bridgehead atoms. The zero-order valence-corrected chi connectivity index (χ0v) is 22.3. The normalized spacial score (nSPS) is 15.6. The second-order valence-corrected chi connectivity index (χ2v) is 9.93. The number of hydrogen-bond donors (Lipinski definition) is 1. The molecule has 1 fully saturated rings. The van der Waals surface area contributed by atoms with Crippen LogP contribution in [0.25, 0.3) is 21.7 Å². The van der Waals surface area contributed by atoms with Gasteiger partial charge in [0.25, 0.3) is 5.56 Å². The number of ether oxygens (including phenoxy) is 2. The minimum Gasteiger partial charge on any atom is -0.493 e. The zero-order chi connectivity index (χ0) is 26.6. The number of nitrogens with zero attached hydrogens (tertiary/aromatic N) is 6. The Bertz CT molecular complexity index is 1500. The van der Waals surface area contributed by atoms with Gasteiger partial charge in [0.15, 0.2) is 22.3 Å². The van der Waals surface area contributed by atoms with E-state index in [1.54, 1.807) is 25.3 Å². The molecule has 13 heteroatoms. The van der Waals surface area contributed by atoms with Gasteiger partial charge in [-0.25, -0.2) is 4.98 Å². The number of methoxy groups -OCH3 is 2. The molecule has 1 atom stereocenters. The molecule has 0 aliphatic carbocycles. The fraction of sp³-hybridized carbons (Fsp3) is 0.440. The van der Waals surface area contributed by atoms with E-state index in [2.05, 4.69) is 30.3 Å². The van der Waals surface area contributed by atoms with Gasteiger partial charge in [0.2, 0.25) is 17.6 Å². The highest BCUT2D eigenvalue weighted by atomic mass is 32.1. The van der Waals surface area contributed by atoms with Crippen molar-refractivity contribution in [3.8, 4) is 22.9 Å². The van der Waals surface area contributed by atoms with Crippen molar-refractivity contribution >= 4 is 32.7 Å². The Kier molecular flexibility index (Phi) is 7.54. The van der Waals surface area contributed by atoms with Gasteiger partial charge in [0, 0.05) is 19.6 Å². The number of aromatic nitrogens is 5. The Labute approximate surface area is 222 Å². The lowest BCUT2D eigenvalue weighted by Gasteiger charge is -2.31. The van der Waals surface area contributed by atoms with Gasteiger partial charge in [-0.05, 0) is 31.4 Å². The third-order valence-electron chi connectivity index (χ3n) is 6.40. The maximum Gasteiger partial charge on any atom is 0.273 e. The first-order chi connectivity index (χ1) is 18.5. The number of anilines is 1. The predicted octanol–water partition coefficient (Wildman–Crippen LogP) is 2.71. The first-order valence-corrected chi connectivity index (χ1v) is 13.3. The van der Waals surface area contributed by atoms with E-state index in [0.717, 1.165) is 25.8 Å². The number of rotatable bonds is 9. The van der Waals surface area contributed by atoms with Crippen molar-refractivity contribution in [2.24, 2.45) is 5.92 Å². The summed E-state index contributed by atoms with van der Waals surface area (Å²) in [7, 11) is 3.09. The van der Waals surface area contributed by atoms with Crippen LogP contribution in [-0.2, 0) is 11.3 Å². The van der Waals surface area contributed by atoms with Crippen molar-refractivity contribution in [2.45, 2.75) is 32.7 Å². The summed E-state index contributed by atoms with van der Waals surface area (Å²) >= 11 is 1.29. The van der Waals surface area contributed by atoms with Crippen molar-refractivity contribution in [1.82, 2.24) is 30.0 Å². The number of amides is 1. The molecule has 1 aliphatic rings. The monoisotopic (exact) mass is 539 g/mol. The molecule has 0 radical (unpaired) electrons. The highest BCUT2D eigenvalue weighted by Crippen LogP contribution is 2.36. The zero-order valence-electron chi connectivity index (χ0n) is 21.5. The molecule has 12 nitrogen and oxygen atoms in total. The molecule has 1 N–H and O–H groups in total. The van der Waals surface area contributed by atoms with Crippen LogP contribution >= 0.6 is 11.3 Å². The predicted molar refractivity (Wildman–Crippen MR) is 142 cm³/mol. The summed E-state index contributed by atoms with van der Waals surface area (Å²) in [5.74, 6) is 1.58. The van der Waals surface area contributed by atoms with Crippen LogP contribution in [0.1, 0.15) is 32.1 Å². The van der Waals surface area contributed by atoms with E-state index in [4.69, 9.17) is 14.0 Å². The summed E-state index contributed by atoms with van der Waals surface area (Å²) < 4.78 is 18.1. The number of fused-ring (bicyclic) bond motifs is 1. The standard InChI is InChI=1S/C25H29N7O5S/c1-4-10-26-23(33)15-7-6-11-31(12-15)25-29-22-20(38-25)24(34)32(14-27-22)13-18-28-21(30-37-18)16-8-5-9-17(35-2)19(16)36-3/h5,8-9,14-15H,4,6-7,10-13H2,1-3H3,(H,26,33). The summed E-state index contributed by atoms with van der Waals surface area (Å²) in [5.41, 5.74) is 0.751. The molecule has 200 valence electrons. The molecule has 4 heterocycles. The highest BCUT2D eigenvalue weighted by Gasteiger charge is 2.28. The lowest BCUT2D eigenvalue weighted by Crippen LogP contribution is -2.43. The smallest absolute Gasteiger partial charge is 0.273 e. The number of nitrogens with one attached hydrogen (secondary N) is 1. The Hall–Kier alpha value is -4.00. The molecule has 38 heavy (non-hydrogen) atoms. The first kappa shape index (κ1) is 25.6. The van der Waals surface area contributed by atoms with E-state index in [-0.39, 0.29) is 29.8 Å². The number of benzene rings is 1. The summed E-state index contributed by atoms with van der Waals surface area (Å²) in [6.07, 6.45) is 4.06. The fourth-order valence-corrected chi connectivity index (χ4v) is 5.48. The van der Waals surface area contributed by atoms with Gasteiger partial charge in [-0.2, -0.15) is 9.97 Å². The van der Waals surface area contributed by atoms with Crippen molar-refractivity contribution in [3.05, 3.63) is 40.8 Å². The first-order valence-electron chi connectivity index (χ1n) is 12.4. The topological polar surface area (TPSA) is 138 Å². The van der Waals surface area contributed by atoms with E-state index in [1.165, 1.54) is 29.3 Å². The SMILES string of the molecule is CCCNC(=O)C1CCCN(c2nc3ncn(Cc4nc(-c5cccc(OC)c5OC)no4)c(=O)c3s2)C1. The van der Waals surface area contributed by atoms with Gasteiger partial charge in [0.05, 0.1) is 25.7 Å². The Balaban J connectivity index is 1.35. The minimum atomic E-state index is -0.244. The van der Waals surface area contributed by atoms with Gasteiger partial charge in [-0.3, -0.25) is 14.2 Å². The van der Waals surface area contributed by atoms with E-state index in [9.17, 15) is 9.59 Å². The average molecular weight is 540 g/mol. The third kappa shape index (κ3) is 5.05. The lowest BCUT2D eigenvalue weighted by atomic mass is 9.97. The van der Waals surface area contributed by atoms with Crippen LogP contribution in [0, 0.1) is 5.92 Å². The molecule has 1 unspecified atom stereocenters. The molecule has 4 aromatic rings. The average Bonchev–Trinajstić information content (AvgIpc) is 3.60. The Morgan fingerprint density at radius 1 is 1.26 bits per heavy atom. The molecule has 0 saturated carbocycles. The van der Waals surface area contributed by atoms with Crippen LogP contribution in [0.15, 0.2) is 33.8 Å². The molecule has 0 spiro atoms. The van der Waals surface area contributed by atoms with E-state index >= 15 is 0 Å². The highest BCUT2D eigenvalue weighted by molar-refractivity contribution is 7.22. The van der Waals surface area contributed by atoms with Gasteiger partial charge < -0.3 is 24.2 Å². The van der Waals surface area contributed by atoms with E-state index in [0.29, 0.717) is 51.5 Å². The second-order valence-electron chi connectivity index (χ2n) is 8.96. The van der Waals surface area contributed by atoms with Crippen LogP contribution in [0.4, 0.5) is 5.13 Å². The molecular weight excluding hydrogens is 510 g/mol. The molecule has 1 amide bonds. The van der Waals surface area contributed by atoms with Crippen LogP contribution in [0.2, 0.25) is 0 Å². The van der Waals surface area contributed by atoms with Crippen molar-refractivity contribution < 1.29 is 18.8 Å². The minimum absolute atomic E-state index is 0.0533. The third-order valence-corrected chi connectivity index (χ3v) is 7.50. The molecular formula is C25H29N7O5S. The summed E-state index contributed by atoms with van der Waals surface area (Å²) in [6.45, 7) is 4.11. The van der Waals surface area contributed by atoms with Crippen LogP contribution in [0.5, 0.6) is 11.5 Å². The van der Waals surface area contributed by atoms with Crippen LogP contribution in [-0.4, -0.2) is 64.4 Å². The summed E-state index contributed by atoms with van der Waals surface area (Å²) in [4.78, 5) is 41.3. The maximum atomic E-state index is 13.3. The van der Waals surface area contributed by atoms with Crippen molar-refractivity contribution in [3.63, 3.8) is 0 Å². The lowest BCUT2D eigenvalue weighted by molar-refractivity contribution is -0.125. The van der Waals surface area contributed by atoms with E-state index in [1.807, 2.05) is 6.92 Å². The van der Waals surface area contributed by atoms with Gasteiger partial charge in [0.1, 0.15) is 17.6 Å². The molecule has 5 rings (SSSR count). The molecule has 1 saturated heterocycles. The van der Waals surface area contributed by atoms with Crippen molar-refractivity contribution in [2.75, 3.05) is 38.8 Å². The van der Waals surface area contributed by atoms with Gasteiger partial charge in [-0.1, -0.05) is 29.5 Å². The molecule has 3 aromatic heterocycles. The number of carbonyl (C=O) groups excluding carboxylic acids is 1. The van der Waals surface area contributed by atoms with Crippen LogP contribution in [0.3, 0.4) is 0 Å². The second kappa shape index (κ2) is 11.2. The van der Waals surface area contributed by atoms with E-state index < -0.39 is 0 Å². The quantitative estimate of drug-likeness (QED) is 0.338. The fourth-order valence-electron chi connectivity index (χ4n) is 4.48. The summed E-state index contributed by atoms with van der Waals surface area (Å²) in [5, 5.41) is 7.74. The number of piperidine rings is 1. The largest absolute Gasteiger partial charge is 0.493 e. The number of carbonyl (C=O) groups is 1. The molecule has 1 aliphatic heterocycles. The van der Waals surface area contributed by atoms with Gasteiger partial charge >= 0.3 is 0 Å². The van der Waals surface area contributed by atoms with Crippen LogP contribution < -0.4 is 25.2 Å². The number of hydrogen-bond acceptors (Lipinski definition) is 11. The summed E-state index contributed by atoms with van der Waals surface area (Å²) in [6, 6.07) is 5.38. The Morgan fingerprint density at radius 2 is 2.13 bits per heavy atom. The molecule has 1 aromatic carbocycles. The maximum absolute atomic E-state index is 13.3. The Morgan fingerprint density at radius 3 is 2.92 bits per heavy atom. The van der Waals surface area contributed by atoms with Gasteiger partial charge in [-0.15, -0.1) is 0 Å². The number of para-hydroxylation sites is 1. The van der Waals surface area contributed by atoms with Crippen molar-refractivity contribution in [1.29, 1.82) is 0 Å². The number of thiazole rings is 1.